The molecule has 132 valence electrons. The number of aliphatic imine (C=N–C) groups is 1. The van der Waals surface area contributed by atoms with Gasteiger partial charge in [0.05, 0.1) is 11.4 Å². The van der Waals surface area contributed by atoms with Crippen molar-refractivity contribution in [2.75, 3.05) is 4.90 Å². The maximum Gasteiger partial charge on any atom is 0.335 e. The van der Waals surface area contributed by atoms with Crippen LogP contribution in [0.25, 0.3) is 0 Å². The zero-order valence-corrected chi connectivity index (χ0v) is 15.1. The van der Waals surface area contributed by atoms with Crippen LogP contribution in [0.5, 0.6) is 0 Å². The first kappa shape index (κ1) is 18.1. The van der Waals surface area contributed by atoms with E-state index < -0.39 is 23.8 Å². The van der Waals surface area contributed by atoms with E-state index in [1.807, 2.05) is 0 Å². The number of rotatable bonds is 3. The summed E-state index contributed by atoms with van der Waals surface area (Å²) in [5.41, 5.74) is 1.52. The highest BCUT2D eigenvalue weighted by atomic mass is 35.5. The number of nitrogens with zero attached hydrogens (tertiary/aromatic N) is 2. The van der Waals surface area contributed by atoms with Gasteiger partial charge in [0.1, 0.15) is 0 Å². The van der Waals surface area contributed by atoms with Crippen molar-refractivity contribution in [3.05, 3.63) is 58.1 Å². The standard InChI is InChI=1S/C18H13Cl2N3O3/c1-10-4-2-3-5-15(10)23-17(25)14(16(24)22-18(23)26)9-21-13-7-11(19)6-12(20)8-13/h2-9,14H,1H3,(H,22,24,26)/t14-/m1/s1. The third-order valence-corrected chi connectivity index (χ3v) is 4.21. The summed E-state index contributed by atoms with van der Waals surface area (Å²) in [6.07, 6.45) is 1.18. The Bertz CT molecular complexity index is 923. The third kappa shape index (κ3) is 3.61. The molecule has 4 amide bonds. The number of imide groups is 2. The molecule has 0 spiro atoms. The van der Waals surface area contributed by atoms with E-state index in [1.165, 1.54) is 6.21 Å². The fraction of sp³-hybridized carbons (Fsp3) is 0.111. The number of halogens is 2. The molecule has 8 heteroatoms. The second kappa shape index (κ2) is 7.27. The van der Waals surface area contributed by atoms with Crippen molar-refractivity contribution in [2.45, 2.75) is 6.92 Å². The average Bonchev–Trinajstić information content (AvgIpc) is 2.55. The average molecular weight is 390 g/mol. The van der Waals surface area contributed by atoms with Crippen LogP contribution in [0.3, 0.4) is 0 Å². The molecule has 26 heavy (non-hydrogen) atoms. The summed E-state index contributed by atoms with van der Waals surface area (Å²) in [5.74, 6) is -2.66. The summed E-state index contributed by atoms with van der Waals surface area (Å²) in [6.45, 7) is 1.77. The molecule has 0 unspecified atom stereocenters. The number of aryl methyl sites for hydroxylation is 1. The highest BCUT2D eigenvalue weighted by Gasteiger charge is 2.40. The molecule has 1 saturated heterocycles. The van der Waals surface area contributed by atoms with Crippen LogP contribution in [0.2, 0.25) is 10.0 Å². The number of hydrogen-bond donors (Lipinski definition) is 1. The van der Waals surface area contributed by atoms with Crippen LogP contribution in [0.1, 0.15) is 5.56 Å². The molecule has 1 aliphatic heterocycles. The highest BCUT2D eigenvalue weighted by molar-refractivity contribution is 6.35. The van der Waals surface area contributed by atoms with Crippen molar-refractivity contribution >= 4 is 58.6 Å². The Morgan fingerprint density at radius 1 is 1.08 bits per heavy atom. The minimum Gasteiger partial charge on any atom is -0.276 e. The van der Waals surface area contributed by atoms with Gasteiger partial charge in [-0.2, -0.15) is 0 Å². The quantitative estimate of drug-likeness (QED) is 0.638. The molecule has 0 bridgehead atoms. The zero-order valence-electron chi connectivity index (χ0n) is 13.6. The number of urea groups is 1. The molecule has 1 atom stereocenters. The lowest BCUT2D eigenvalue weighted by Crippen LogP contribution is -2.58. The third-order valence-electron chi connectivity index (χ3n) is 3.78. The molecule has 1 heterocycles. The van der Waals surface area contributed by atoms with Crippen LogP contribution in [-0.4, -0.2) is 24.1 Å². The number of para-hydroxylation sites is 1. The van der Waals surface area contributed by atoms with Gasteiger partial charge in [0.15, 0.2) is 5.92 Å². The van der Waals surface area contributed by atoms with Crippen LogP contribution < -0.4 is 10.2 Å². The SMILES string of the molecule is Cc1ccccc1N1C(=O)NC(=O)[C@@H](C=Nc2cc(Cl)cc(Cl)c2)C1=O. The van der Waals surface area contributed by atoms with E-state index in [1.54, 1.807) is 49.4 Å². The van der Waals surface area contributed by atoms with Crippen LogP contribution in [0.4, 0.5) is 16.2 Å². The van der Waals surface area contributed by atoms with E-state index in [0.29, 0.717) is 21.4 Å². The van der Waals surface area contributed by atoms with Gasteiger partial charge in [0.2, 0.25) is 5.91 Å². The van der Waals surface area contributed by atoms with Gasteiger partial charge in [-0.25, -0.2) is 9.69 Å². The Balaban J connectivity index is 1.93. The van der Waals surface area contributed by atoms with Gasteiger partial charge in [0.25, 0.3) is 5.91 Å². The van der Waals surface area contributed by atoms with E-state index in [2.05, 4.69) is 10.3 Å². The number of hydrogen-bond acceptors (Lipinski definition) is 4. The normalized spacial score (nSPS) is 17.7. The first-order valence-corrected chi connectivity index (χ1v) is 8.37. The Hall–Kier alpha value is -2.70. The Labute approximate surface area is 159 Å². The number of carbonyl (C=O) groups is 3. The molecule has 0 saturated carbocycles. The second-order valence-electron chi connectivity index (χ2n) is 5.64. The molecule has 6 nitrogen and oxygen atoms in total. The number of nitrogens with one attached hydrogen (secondary N) is 1. The molecule has 3 rings (SSSR count). The summed E-state index contributed by atoms with van der Waals surface area (Å²) in [6, 6.07) is 10.7. The Morgan fingerprint density at radius 2 is 1.73 bits per heavy atom. The monoisotopic (exact) mass is 389 g/mol. The minimum atomic E-state index is -1.25. The molecule has 0 aliphatic carbocycles. The first-order valence-electron chi connectivity index (χ1n) is 7.61. The van der Waals surface area contributed by atoms with E-state index >= 15 is 0 Å². The van der Waals surface area contributed by atoms with Gasteiger partial charge in [-0.1, -0.05) is 41.4 Å². The van der Waals surface area contributed by atoms with Gasteiger partial charge in [-0.15, -0.1) is 0 Å². The molecular formula is C18H13Cl2N3O3. The predicted octanol–water partition coefficient (Wildman–Crippen LogP) is 3.90. The number of carbonyl (C=O) groups excluding carboxylic acids is 3. The van der Waals surface area contributed by atoms with Crippen LogP contribution in [-0.2, 0) is 9.59 Å². The van der Waals surface area contributed by atoms with Gasteiger partial charge in [-0.3, -0.25) is 19.9 Å². The largest absolute Gasteiger partial charge is 0.335 e. The van der Waals surface area contributed by atoms with E-state index in [9.17, 15) is 14.4 Å². The summed E-state index contributed by atoms with van der Waals surface area (Å²) in [5, 5.41) is 2.93. The highest BCUT2D eigenvalue weighted by Crippen LogP contribution is 2.26. The van der Waals surface area contributed by atoms with Crippen LogP contribution in [0.15, 0.2) is 47.5 Å². The lowest BCUT2D eigenvalue weighted by atomic mass is 10.0. The fourth-order valence-corrected chi connectivity index (χ4v) is 3.05. The smallest absolute Gasteiger partial charge is 0.276 e. The molecule has 2 aromatic rings. The molecule has 2 aromatic carbocycles. The van der Waals surface area contributed by atoms with Crippen molar-refractivity contribution in [3.63, 3.8) is 0 Å². The van der Waals surface area contributed by atoms with Crippen LogP contribution >= 0.6 is 23.2 Å². The molecule has 0 aromatic heterocycles. The topological polar surface area (TPSA) is 78.8 Å². The van der Waals surface area contributed by atoms with E-state index in [0.717, 1.165) is 10.5 Å². The van der Waals surface area contributed by atoms with Crippen molar-refractivity contribution < 1.29 is 14.4 Å². The Kier molecular flexibility index (Phi) is 5.06. The summed E-state index contributed by atoms with van der Waals surface area (Å²) < 4.78 is 0. The molecular weight excluding hydrogens is 377 g/mol. The lowest BCUT2D eigenvalue weighted by molar-refractivity contribution is -0.131. The van der Waals surface area contributed by atoms with Crippen LogP contribution in [0, 0.1) is 12.8 Å². The van der Waals surface area contributed by atoms with Crippen molar-refractivity contribution in [1.82, 2.24) is 5.32 Å². The van der Waals surface area contributed by atoms with Gasteiger partial charge >= 0.3 is 6.03 Å². The maximum absolute atomic E-state index is 12.8. The second-order valence-corrected chi connectivity index (χ2v) is 6.51. The number of anilines is 1. The fourth-order valence-electron chi connectivity index (χ4n) is 2.54. The van der Waals surface area contributed by atoms with Gasteiger partial charge in [-0.05, 0) is 36.8 Å². The zero-order chi connectivity index (χ0) is 18.8. The summed E-state index contributed by atoms with van der Waals surface area (Å²) in [7, 11) is 0. The number of amides is 4. The maximum atomic E-state index is 12.8. The number of barbiturate groups is 1. The summed E-state index contributed by atoms with van der Waals surface area (Å²) in [4.78, 5) is 42.1. The van der Waals surface area contributed by atoms with Crippen molar-refractivity contribution in [2.24, 2.45) is 10.9 Å². The molecule has 0 radical (unpaired) electrons. The van der Waals surface area contributed by atoms with E-state index in [4.69, 9.17) is 23.2 Å². The molecule has 1 aliphatic rings. The minimum absolute atomic E-state index is 0.376. The predicted molar refractivity (Wildman–Crippen MR) is 100 cm³/mol. The first-order chi connectivity index (χ1) is 12.4. The van der Waals surface area contributed by atoms with Gasteiger partial charge < -0.3 is 0 Å². The molecule has 1 N–H and O–H groups in total. The summed E-state index contributed by atoms with van der Waals surface area (Å²) >= 11 is 11.8. The molecule has 1 fully saturated rings. The lowest BCUT2D eigenvalue weighted by Gasteiger charge is -2.29. The Morgan fingerprint density at radius 3 is 2.38 bits per heavy atom. The van der Waals surface area contributed by atoms with Crippen molar-refractivity contribution in [1.29, 1.82) is 0 Å². The number of benzene rings is 2. The van der Waals surface area contributed by atoms with Crippen molar-refractivity contribution in [3.8, 4) is 0 Å². The van der Waals surface area contributed by atoms with Gasteiger partial charge in [0, 0.05) is 16.3 Å². The van der Waals surface area contributed by atoms with E-state index in [-0.39, 0.29) is 0 Å².